The van der Waals surface area contributed by atoms with E-state index < -0.39 is 36.7 Å². The Balaban J connectivity index is -0.0000000192. The van der Waals surface area contributed by atoms with Gasteiger partial charge in [-0.2, -0.15) is 0 Å². The Kier molecular flexibility index (Phi) is 84.0. The molecule has 19 heteroatoms. The maximum absolute atomic E-state index is 8.52. The van der Waals surface area contributed by atoms with Crippen LogP contribution in [0.2, 0.25) is 0 Å². The van der Waals surface area contributed by atoms with Crippen molar-refractivity contribution >= 4 is 36.7 Å². The van der Waals surface area contributed by atoms with Crippen LogP contribution in [0.25, 0.3) is 0 Å². The van der Waals surface area contributed by atoms with Crippen LogP contribution in [0.4, 0.5) is 0 Å². The van der Waals surface area contributed by atoms with Gasteiger partial charge in [-0.05, 0) is 0 Å². The van der Waals surface area contributed by atoms with E-state index in [-0.39, 0.29) is 125 Å². The van der Waals surface area contributed by atoms with Crippen molar-refractivity contribution in [2.75, 3.05) is 0 Å². The molecule has 3 radical (unpaired) electrons. The van der Waals surface area contributed by atoms with Crippen LogP contribution in [-0.2, 0) is 17.8 Å². The van der Waals surface area contributed by atoms with Gasteiger partial charge < -0.3 is 56.2 Å². The smallest absolute Gasteiger partial charge is 0.672 e. The van der Waals surface area contributed by atoms with Gasteiger partial charge in [0.15, 0.2) is 0 Å². The van der Waals surface area contributed by atoms with E-state index in [1.54, 1.807) is 0 Å². The first-order valence-corrected chi connectivity index (χ1v) is 7.35. The molecule has 0 fully saturated rings. The average Bonchev–Trinajstić information content (AvgIpc) is 1.76. The molecule has 0 aliphatic carbocycles. The van der Waals surface area contributed by atoms with E-state index in [0.717, 1.165) is 0 Å². The minimum absolute atomic E-state index is 0. The molecule has 12 nitrogen and oxygen atoms in total. The Morgan fingerprint density at radius 3 is 0.368 bits per heavy atom. The van der Waals surface area contributed by atoms with Crippen LogP contribution in [0.5, 0.6) is 0 Å². The Morgan fingerprint density at radius 2 is 0.368 bits per heavy atom. The molecule has 0 amide bonds. The molecule has 0 heterocycles. The average molecular weight is 725 g/mol. The van der Waals surface area contributed by atoms with Gasteiger partial charge in [0.2, 0.25) is 0 Å². The van der Waals surface area contributed by atoms with E-state index >= 15 is 0 Å². The molecule has 19 heavy (non-hydrogen) atoms. The molecule has 0 saturated carbocycles. The topological polar surface area (TPSA) is 253 Å². The minimum atomic E-state index is -3.63. The molecule has 99 valence electrons. The summed E-state index contributed by atoms with van der Waals surface area (Å²) in [5, 5.41) is 0. The van der Waals surface area contributed by atoms with E-state index in [1.807, 2.05) is 0 Å². The Bertz CT molecular complexity index is 165. The van der Waals surface area contributed by atoms with E-state index in [2.05, 4.69) is 0 Å². The van der Waals surface area contributed by atoms with Gasteiger partial charge in [0.1, 0.15) is 0 Å². The maximum Gasteiger partial charge on any atom is 3.00 e. The van der Waals surface area contributed by atoms with Crippen molar-refractivity contribution in [2.24, 2.45) is 0 Å². The molecule has 0 rings (SSSR count). The van der Waals surface area contributed by atoms with Crippen LogP contribution >= 0.6 is 0 Å². The van der Waals surface area contributed by atoms with Crippen molar-refractivity contribution in [1.82, 2.24) is 0 Å². The second kappa shape index (κ2) is 37.1. The minimum Gasteiger partial charge on any atom is -0.672 e. The van der Waals surface area contributed by atoms with E-state index in [4.69, 9.17) is 56.2 Å². The van der Waals surface area contributed by atoms with Crippen LogP contribution < -0.4 is 38.4 Å². The molecule has 0 aromatic heterocycles. The van der Waals surface area contributed by atoms with Gasteiger partial charge in [-0.3, -0.25) is 0 Å². The molecule has 0 aliphatic heterocycles. The normalized spacial score (nSPS) is 5.05. The molecule has 0 saturated heterocycles. The van der Waals surface area contributed by atoms with Crippen LogP contribution in [0.1, 0.15) is 0 Å². The van der Waals surface area contributed by atoms with Crippen molar-refractivity contribution in [3.8, 4) is 0 Å². The second-order valence-electron chi connectivity index (χ2n) is 1.00. The predicted octanol–water partition coefficient (Wildman–Crippen LogP) is -11.5. The molecule has 0 aromatic rings. The first kappa shape index (κ1) is 43.0. The Morgan fingerprint density at radius 1 is 0.368 bits per heavy atom. The van der Waals surface area contributed by atoms with Crippen molar-refractivity contribution < 1.29 is 181 Å². The van der Waals surface area contributed by atoms with Crippen molar-refractivity contribution in [3.63, 3.8) is 0 Å². The molecule has 0 aliphatic rings. The van der Waals surface area contributed by atoms with E-state index in [1.165, 1.54) is 0 Å². The summed E-state index contributed by atoms with van der Waals surface area (Å²) in [6.45, 7) is 0. The Hall–Kier alpha value is 2.60. The number of rotatable bonds is 0. The summed E-state index contributed by atoms with van der Waals surface area (Å²) in [6, 6.07) is 0. The summed E-state index contributed by atoms with van der Waals surface area (Å²) in [6.07, 6.45) is 0. The summed E-state index contributed by atoms with van der Waals surface area (Å²) in [5.41, 5.74) is 0. The monoisotopic (exact) mass is 724 g/mol. The van der Waals surface area contributed by atoms with Crippen LogP contribution in [-0.4, -0.2) is 36.7 Å². The first-order valence-electron chi connectivity index (χ1n) is 2.45. The van der Waals surface area contributed by atoms with Crippen LogP contribution in [0.3, 0.4) is 0 Å². The molecular weight excluding hydrogens is 725 g/mol. The van der Waals surface area contributed by atoms with Gasteiger partial charge in [0, 0.05) is 36.7 Å². The summed E-state index contributed by atoms with van der Waals surface area (Å²) in [7, 11) is -14.5. The quantitative estimate of drug-likeness (QED) is 0.211. The molecule has 0 atom stereocenters. The Labute approximate surface area is 213 Å². The summed E-state index contributed by atoms with van der Waals surface area (Å²) < 4.78 is 34.1. The largest absolute Gasteiger partial charge is 3.00 e. The molecule has 0 bridgehead atoms. The van der Waals surface area contributed by atoms with Gasteiger partial charge in [0.25, 0.3) is 0 Å². The van der Waals surface area contributed by atoms with Gasteiger partial charge in [-0.25, -0.2) is 0 Å². The molecule has 0 N–H and O–H groups in total. The van der Waals surface area contributed by atoms with Crippen LogP contribution in [0.15, 0.2) is 0 Å². The van der Waals surface area contributed by atoms with Gasteiger partial charge >= 0.3 is 125 Å². The molecule has 0 aromatic carbocycles. The summed E-state index contributed by atoms with van der Waals surface area (Å²) in [4.78, 5) is 68.1. The van der Waals surface area contributed by atoms with Crippen molar-refractivity contribution in [2.45, 2.75) is 0 Å². The fourth-order valence-corrected chi connectivity index (χ4v) is 0. The first-order chi connectivity index (χ1) is 6.93. The third-order valence-corrected chi connectivity index (χ3v) is 0. The molecule has 0 unspecified atom stereocenters. The zero-order chi connectivity index (χ0) is 14.3. The van der Waals surface area contributed by atoms with Gasteiger partial charge in [-0.1, -0.05) is 0 Å². The third kappa shape index (κ3) is 1060. The van der Waals surface area contributed by atoms with Crippen molar-refractivity contribution in [1.29, 1.82) is 0 Å². The third-order valence-electron chi connectivity index (χ3n) is 0. The summed E-state index contributed by atoms with van der Waals surface area (Å²) >= 11 is 0. The van der Waals surface area contributed by atoms with E-state index in [0.29, 0.717) is 0 Å². The fourth-order valence-electron chi connectivity index (χ4n) is 0. The van der Waals surface area contributed by atoms with E-state index in [9.17, 15) is 0 Å². The second-order valence-corrected chi connectivity index (χ2v) is 3.00. The SMILES string of the molecule is O=[Si]([O-])[O-].O=[Si]([O-])[O-].O=[Si]([O-])[O-].O=[Si]([O-])[O-].[Ce+3].[Ce+3].[Ce+3]. The fraction of sp³-hybridized carbons (Fsp3) is 0. The van der Waals surface area contributed by atoms with Crippen LogP contribution in [0, 0.1) is 125 Å². The zero-order valence-electron chi connectivity index (χ0n) is 8.40. The molecular formula is Ce3O12Si4+. The summed E-state index contributed by atoms with van der Waals surface area (Å²) in [5.74, 6) is 0. The molecule has 0 spiro atoms. The zero-order valence-corrected chi connectivity index (χ0v) is 21.8. The number of hydrogen-bond donors (Lipinski definition) is 0. The van der Waals surface area contributed by atoms with Crippen molar-refractivity contribution in [3.05, 3.63) is 0 Å². The number of hydrogen-bond acceptors (Lipinski definition) is 12. The van der Waals surface area contributed by atoms with Gasteiger partial charge in [0.05, 0.1) is 0 Å². The standard InChI is InChI=1S/3Ce.4O3Si/c;;;4*1-4(2)3/q3*+3;4*-2. The predicted molar refractivity (Wildman–Crippen MR) is 25.8 cm³/mol. The maximum atomic E-state index is 8.52. The van der Waals surface area contributed by atoms with Gasteiger partial charge in [-0.15, -0.1) is 0 Å².